The third-order valence-corrected chi connectivity index (χ3v) is 3.37. The van der Waals surface area contributed by atoms with Crippen LogP contribution in [0.5, 0.6) is 0 Å². The quantitative estimate of drug-likeness (QED) is 0.900. The van der Waals surface area contributed by atoms with Gasteiger partial charge < -0.3 is 5.32 Å². The van der Waals surface area contributed by atoms with E-state index in [1.807, 2.05) is 38.1 Å². The predicted octanol–water partition coefficient (Wildman–Crippen LogP) is 1.25. The average Bonchev–Trinajstić information content (AvgIpc) is 2.64. The van der Waals surface area contributed by atoms with E-state index < -0.39 is 0 Å². The van der Waals surface area contributed by atoms with Crippen LogP contribution in [0.4, 0.5) is 0 Å². The lowest BCUT2D eigenvalue weighted by Crippen LogP contribution is -2.37. The van der Waals surface area contributed by atoms with Gasteiger partial charge in [-0.3, -0.25) is 13.9 Å². The van der Waals surface area contributed by atoms with Crippen molar-refractivity contribution in [2.45, 2.75) is 32.9 Å². The van der Waals surface area contributed by atoms with E-state index in [9.17, 15) is 9.59 Å². The molecule has 0 aliphatic rings. The predicted molar refractivity (Wildman–Crippen MR) is 75.1 cm³/mol. The number of amides is 1. The summed E-state index contributed by atoms with van der Waals surface area (Å²) in [5.74, 6) is -0.132. The Balaban J connectivity index is 2.33. The summed E-state index contributed by atoms with van der Waals surface area (Å²) >= 11 is 0. The van der Waals surface area contributed by atoms with E-state index in [4.69, 9.17) is 0 Å². The Morgan fingerprint density at radius 3 is 2.58 bits per heavy atom. The van der Waals surface area contributed by atoms with Gasteiger partial charge in [0.2, 0.25) is 5.91 Å². The topological polar surface area (TPSA) is 56.0 Å². The van der Waals surface area contributed by atoms with Gasteiger partial charge in [0.1, 0.15) is 6.54 Å². The molecule has 19 heavy (non-hydrogen) atoms. The Kier molecular flexibility index (Phi) is 3.74. The number of para-hydroxylation sites is 2. The van der Waals surface area contributed by atoms with Crippen LogP contribution in [0, 0.1) is 0 Å². The highest BCUT2D eigenvalue weighted by molar-refractivity contribution is 5.81. The van der Waals surface area contributed by atoms with E-state index in [1.165, 1.54) is 4.57 Å². The second-order valence-corrected chi connectivity index (χ2v) is 4.79. The second-order valence-electron chi connectivity index (χ2n) is 4.79. The van der Waals surface area contributed by atoms with Gasteiger partial charge in [-0.25, -0.2) is 4.79 Å². The first-order valence-electron chi connectivity index (χ1n) is 6.48. The molecular formula is C14H19N3O2. The number of fused-ring (bicyclic) bond motifs is 1. The normalized spacial score (nSPS) is 12.6. The summed E-state index contributed by atoms with van der Waals surface area (Å²) in [6.07, 6.45) is 0.871. The summed E-state index contributed by atoms with van der Waals surface area (Å²) in [5, 5.41) is 2.87. The Hall–Kier alpha value is -2.04. The number of benzene rings is 1. The number of carbonyl (C=O) groups is 1. The molecule has 1 aromatic carbocycles. The summed E-state index contributed by atoms with van der Waals surface area (Å²) in [7, 11) is 1.72. The van der Waals surface area contributed by atoms with Crippen molar-refractivity contribution in [2.75, 3.05) is 0 Å². The molecule has 1 amide bonds. The molecule has 0 bridgehead atoms. The maximum atomic E-state index is 12.1. The summed E-state index contributed by atoms with van der Waals surface area (Å²) in [4.78, 5) is 24.0. The molecule has 0 fully saturated rings. The first-order chi connectivity index (χ1) is 9.04. The highest BCUT2D eigenvalue weighted by Crippen LogP contribution is 2.11. The van der Waals surface area contributed by atoms with Crippen molar-refractivity contribution in [3.05, 3.63) is 34.7 Å². The number of aromatic nitrogens is 2. The fraction of sp³-hybridized carbons (Fsp3) is 0.429. The van der Waals surface area contributed by atoms with Crippen LogP contribution in [0.2, 0.25) is 0 Å². The average molecular weight is 261 g/mol. The maximum Gasteiger partial charge on any atom is 0.329 e. The number of aryl methyl sites for hydroxylation is 1. The molecule has 1 N–H and O–H groups in total. The molecule has 5 heteroatoms. The second kappa shape index (κ2) is 5.30. The number of nitrogens with zero attached hydrogens (tertiary/aromatic N) is 2. The van der Waals surface area contributed by atoms with Crippen LogP contribution in [0.3, 0.4) is 0 Å². The summed E-state index contributed by atoms with van der Waals surface area (Å²) in [6, 6.07) is 7.60. The third-order valence-electron chi connectivity index (χ3n) is 3.37. The van der Waals surface area contributed by atoms with Crippen LogP contribution >= 0.6 is 0 Å². The van der Waals surface area contributed by atoms with Gasteiger partial charge in [0, 0.05) is 13.1 Å². The van der Waals surface area contributed by atoms with Gasteiger partial charge in [-0.1, -0.05) is 19.1 Å². The fourth-order valence-corrected chi connectivity index (χ4v) is 2.08. The van der Waals surface area contributed by atoms with Crippen LogP contribution in [0.25, 0.3) is 11.0 Å². The summed E-state index contributed by atoms with van der Waals surface area (Å²) in [6.45, 7) is 4.02. The number of imidazole rings is 1. The SMILES string of the molecule is CCC(C)NC(=O)Cn1c(=O)n(C)c2ccccc21. The minimum Gasteiger partial charge on any atom is -0.352 e. The molecule has 0 saturated heterocycles. The Morgan fingerprint density at radius 2 is 1.95 bits per heavy atom. The molecule has 1 aromatic heterocycles. The molecule has 5 nitrogen and oxygen atoms in total. The first kappa shape index (κ1) is 13.4. The highest BCUT2D eigenvalue weighted by Gasteiger charge is 2.13. The van der Waals surface area contributed by atoms with Crippen molar-refractivity contribution < 1.29 is 4.79 Å². The zero-order valence-electron chi connectivity index (χ0n) is 11.5. The van der Waals surface area contributed by atoms with E-state index in [2.05, 4.69) is 5.32 Å². The highest BCUT2D eigenvalue weighted by atomic mass is 16.2. The molecule has 0 radical (unpaired) electrons. The lowest BCUT2D eigenvalue weighted by atomic mass is 10.2. The summed E-state index contributed by atoms with van der Waals surface area (Å²) < 4.78 is 3.07. The molecule has 1 unspecified atom stereocenters. The van der Waals surface area contributed by atoms with Crippen molar-refractivity contribution in [2.24, 2.45) is 7.05 Å². The van der Waals surface area contributed by atoms with Gasteiger partial charge >= 0.3 is 5.69 Å². The number of rotatable bonds is 4. The number of hydrogen-bond acceptors (Lipinski definition) is 2. The van der Waals surface area contributed by atoms with E-state index in [-0.39, 0.29) is 24.2 Å². The largest absolute Gasteiger partial charge is 0.352 e. The minimum atomic E-state index is -0.166. The van der Waals surface area contributed by atoms with Crippen LogP contribution in [0.1, 0.15) is 20.3 Å². The van der Waals surface area contributed by atoms with Gasteiger partial charge in [0.05, 0.1) is 11.0 Å². The zero-order valence-corrected chi connectivity index (χ0v) is 11.5. The lowest BCUT2D eigenvalue weighted by molar-refractivity contribution is -0.122. The molecular weight excluding hydrogens is 242 g/mol. The molecule has 102 valence electrons. The number of hydrogen-bond donors (Lipinski definition) is 1. The van der Waals surface area contributed by atoms with Crippen LogP contribution in [0.15, 0.2) is 29.1 Å². The van der Waals surface area contributed by atoms with Crippen molar-refractivity contribution in [1.29, 1.82) is 0 Å². The van der Waals surface area contributed by atoms with E-state index in [1.54, 1.807) is 11.6 Å². The van der Waals surface area contributed by atoms with Crippen molar-refractivity contribution in [1.82, 2.24) is 14.5 Å². The molecule has 0 aliphatic carbocycles. The maximum absolute atomic E-state index is 12.1. The summed E-state index contributed by atoms with van der Waals surface area (Å²) in [5.41, 5.74) is 1.46. The first-order valence-corrected chi connectivity index (χ1v) is 6.48. The Bertz CT molecular complexity index is 654. The molecule has 0 saturated carbocycles. The van der Waals surface area contributed by atoms with Gasteiger partial charge in [0.15, 0.2) is 0 Å². The zero-order chi connectivity index (χ0) is 14.0. The molecule has 2 rings (SSSR count). The Labute approximate surface area is 111 Å². The Morgan fingerprint density at radius 1 is 1.32 bits per heavy atom. The van der Waals surface area contributed by atoms with Gasteiger partial charge in [0.25, 0.3) is 0 Å². The van der Waals surface area contributed by atoms with E-state index in [0.717, 1.165) is 17.5 Å². The van der Waals surface area contributed by atoms with Gasteiger partial charge in [-0.2, -0.15) is 0 Å². The minimum absolute atomic E-state index is 0.0600. The van der Waals surface area contributed by atoms with Crippen molar-refractivity contribution in [3.63, 3.8) is 0 Å². The molecule has 2 aromatic rings. The standard InChI is InChI=1S/C14H19N3O2/c1-4-10(2)15-13(18)9-17-12-8-6-5-7-11(12)16(3)14(17)19/h5-8,10H,4,9H2,1-3H3,(H,15,18). The molecule has 0 spiro atoms. The molecule has 0 aliphatic heterocycles. The van der Waals surface area contributed by atoms with Crippen molar-refractivity contribution in [3.8, 4) is 0 Å². The van der Waals surface area contributed by atoms with Crippen LogP contribution in [-0.4, -0.2) is 21.1 Å². The lowest BCUT2D eigenvalue weighted by Gasteiger charge is -2.11. The van der Waals surface area contributed by atoms with Crippen molar-refractivity contribution >= 4 is 16.9 Å². The van der Waals surface area contributed by atoms with Gasteiger partial charge in [-0.05, 0) is 25.5 Å². The monoisotopic (exact) mass is 261 g/mol. The van der Waals surface area contributed by atoms with Crippen LogP contribution in [-0.2, 0) is 18.4 Å². The van der Waals surface area contributed by atoms with Crippen LogP contribution < -0.4 is 11.0 Å². The van der Waals surface area contributed by atoms with E-state index in [0.29, 0.717) is 0 Å². The number of nitrogens with one attached hydrogen (secondary N) is 1. The fourth-order valence-electron chi connectivity index (χ4n) is 2.08. The molecule has 1 atom stereocenters. The number of carbonyl (C=O) groups excluding carboxylic acids is 1. The van der Waals surface area contributed by atoms with E-state index >= 15 is 0 Å². The molecule has 1 heterocycles. The third kappa shape index (κ3) is 2.54. The smallest absolute Gasteiger partial charge is 0.329 e. The van der Waals surface area contributed by atoms with Gasteiger partial charge in [-0.15, -0.1) is 0 Å².